The highest BCUT2D eigenvalue weighted by molar-refractivity contribution is 7.89. The van der Waals surface area contributed by atoms with Gasteiger partial charge in [-0.05, 0) is 60.4 Å². The lowest BCUT2D eigenvalue weighted by molar-refractivity contribution is -0.114. The van der Waals surface area contributed by atoms with Crippen LogP contribution < -0.4 is 19.1 Å². The highest BCUT2D eigenvalue weighted by Crippen LogP contribution is 2.38. The maximum absolute atomic E-state index is 13.1. The molecule has 2 aromatic carbocycles. The lowest BCUT2D eigenvalue weighted by atomic mass is 10.0. The summed E-state index contributed by atoms with van der Waals surface area (Å²) in [6.07, 6.45) is 4.67. The van der Waals surface area contributed by atoms with E-state index in [0.717, 1.165) is 29.7 Å². The Balaban J connectivity index is 1.88. The average molecular weight is 489 g/mol. The summed E-state index contributed by atoms with van der Waals surface area (Å²) in [7, 11) is 1.05. The molecule has 0 aliphatic carbocycles. The van der Waals surface area contributed by atoms with Crippen molar-refractivity contribution >= 4 is 27.7 Å². The molecule has 34 heavy (non-hydrogen) atoms. The number of benzene rings is 2. The van der Waals surface area contributed by atoms with Gasteiger partial charge in [-0.1, -0.05) is 13.8 Å². The minimum absolute atomic E-state index is 0.186. The van der Waals surface area contributed by atoms with Crippen LogP contribution in [0.25, 0.3) is 6.08 Å². The van der Waals surface area contributed by atoms with Gasteiger partial charge in [0.2, 0.25) is 15.8 Å². The first kappa shape index (κ1) is 25.6. The van der Waals surface area contributed by atoms with Crippen molar-refractivity contribution in [3.8, 4) is 17.2 Å². The Morgan fingerprint density at radius 2 is 1.68 bits per heavy atom. The zero-order chi connectivity index (χ0) is 24.9. The van der Waals surface area contributed by atoms with E-state index >= 15 is 0 Å². The number of fused-ring (bicyclic) bond motifs is 1. The van der Waals surface area contributed by atoms with Crippen LogP contribution in [-0.4, -0.2) is 59.6 Å². The summed E-state index contributed by atoms with van der Waals surface area (Å²) < 4.78 is 43.3. The number of carbonyl (C=O) groups is 1. The fourth-order valence-electron chi connectivity index (χ4n) is 4.13. The molecule has 9 heteroatoms. The first-order valence-corrected chi connectivity index (χ1v) is 12.7. The Morgan fingerprint density at radius 1 is 1.03 bits per heavy atom. The summed E-state index contributed by atoms with van der Waals surface area (Å²) in [5, 5.41) is 0. The van der Waals surface area contributed by atoms with Gasteiger partial charge in [0.1, 0.15) is 0 Å². The molecule has 0 saturated carbocycles. The molecular formula is C25H32N2O6S. The monoisotopic (exact) mass is 488 g/mol. The van der Waals surface area contributed by atoms with Gasteiger partial charge in [0.15, 0.2) is 11.5 Å². The third-order valence-corrected chi connectivity index (χ3v) is 7.93. The molecule has 1 amide bonds. The largest absolute Gasteiger partial charge is 0.493 e. The quantitative estimate of drug-likeness (QED) is 0.500. The number of hydrogen-bond donors (Lipinski definition) is 0. The highest BCUT2D eigenvalue weighted by atomic mass is 32.2. The van der Waals surface area contributed by atoms with E-state index in [2.05, 4.69) is 0 Å². The molecule has 1 heterocycles. The van der Waals surface area contributed by atoms with E-state index in [1.165, 1.54) is 31.7 Å². The second-order valence-corrected chi connectivity index (χ2v) is 9.70. The Bertz CT molecular complexity index is 1150. The van der Waals surface area contributed by atoms with E-state index in [1.807, 2.05) is 13.8 Å². The molecule has 0 saturated heterocycles. The van der Waals surface area contributed by atoms with Crippen molar-refractivity contribution in [2.45, 2.75) is 31.6 Å². The summed E-state index contributed by atoms with van der Waals surface area (Å²) >= 11 is 0. The molecule has 1 aliphatic rings. The van der Waals surface area contributed by atoms with Gasteiger partial charge in [0.25, 0.3) is 5.91 Å². The second-order valence-electron chi connectivity index (χ2n) is 7.77. The van der Waals surface area contributed by atoms with Gasteiger partial charge in [0, 0.05) is 31.4 Å². The van der Waals surface area contributed by atoms with Crippen LogP contribution in [0.5, 0.6) is 17.2 Å². The zero-order valence-electron chi connectivity index (χ0n) is 20.3. The number of hydrogen-bond acceptors (Lipinski definition) is 6. The first-order chi connectivity index (χ1) is 16.3. The standard InChI is InChI=1S/C25H32N2O6S/c1-6-26(7-2)34(29,30)20-11-12-21-19(17-20)9-8-14-27(21)24(28)13-10-18-15-22(31-3)25(33-5)23(16-18)32-4/h10-13,15-17H,6-9,14H2,1-5H3/b13-10+. The third-order valence-electron chi connectivity index (χ3n) is 5.88. The molecule has 3 rings (SSSR count). The number of carbonyl (C=O) groups excluding carboxylic acids is 1. The fourth-order valence-corrected chi connectivity index (χ4v) is 5.64. The van der Waals surface area contributed by atoms with Crippen LogP contribution in [0.4, 0.5) is 5.69 Å². The van der Waals surface area contributed by atoms with Gasteiger partial charge in [0.05, 0.1) is 26.2 Å². The molecule has 8 nitrogen and oxygen atoms in total. The van der Waals surface area contributed by atoms with Crippen LogP contribution in [0.2, 0.25) is 0 Å². The molecule has 0 fully saturated rings. The molecule has 0 spiro atoms. The maximum atomic E-state index is 13.1. The number of rotatable bonds is 9. The predicted octanol–water partition coefficient (Wildman–Crippen LogP) is 3.74. The topological polar surface area (TPSA) is 85.4 Å². The van der Waals surface area contributed by atoms with Crippen LogP contribution in [0.3, 0.4) is 0 Å². The minimum atomic E-state index is -3.56. The number of sulfonamides is 1. The number of amides is 1. The molecule has 0 unspecified atom stereocenters. The summed E-state index contributed by atoms with van der Waals surface area (Å²) in [5.41, 5.74) is 2.32. The van der Waals surface area contributed by atoms with Crippen molar-refractivity contribution in [2.24, 2.45) is 0 Å². The summed E-state index contributed by atoms with van der Waals surface area (Å²) in [6, 6.07) is 8.54. The van der Waals surface area contributed by atoms with Crippen molar-refractivity contribution < 1.29 is 27.4 Å². The third kappa shape index (κ3) is 5.05. The normalized spacial score (nSPS) is 13.8. The van der Waals surface area contributed by atoms with Crippen molar-refractivity contribution in [3.63, 3.8) is 0 Å². The molecule has 0 aromatic heterocycles. The predicted molar refractivity (Wildman–Crippen MR) is 132 cm³/mol. The highest BCUT2D eigenvalue weighted by Gasteiger charge is 2.26. The molecule has 184 valence electrons. The van der Waals surface area contributed by atoms with Crippen LogP contribution in [0.15, 0.2) is 41.3 Å². The lowest BCUT2D eigenvalue weighted by Crippen LogP contribution is -2.35. The first-order valence-electron chi connectivity index (χ1n) is 11.2. The summed E-state index contributed by atoms with van der Waals surface area (Å²) in [4.78, 5) is 15.0. The summed E-state index contributed by atoms with van der Waals surface area (Å²) in [6.45, 7) is 5.02. The van der Waals surface area contributed by atoms with E-state index in [4.69, 9.17) is 14.2 Å². The molecule has 0 N–H and O–H groups in total. The maximum Gasteiger partial charge on any atom is 0.250 e. The molecule has 0 bridgehead atoms. The zero-order valence-corrected chi connectivity index (χ0v) is 21.1. The Labute approximate surface area is 201 Å². The van der Waals surface area contributed by atoms with Gasteiger partial charge in [-0.3, -0.25) is 4.79 Å². The van der Waals surface area contributed by atoms with Gasteiger partial charge < -0.3 is 19.1 Å². The van der Waals surface area contributed by atoms with E-state index in [1.54, 1.807) is 41.3 Å². The van der Waals surface area contributed by atoms with Crippen LogP contribution >= 0.6 is 0 Å². The number of ether oxygens (including phenoxy) is 3. The molecule has 0 radical (unpaired) electrons. The van der Waals surface area contributed by atoms with Gasteiger partial charge >= 0.3 is 0 Å². The number of anilines is 1. The van der Waals surface area contributed by atoms with Crippen molar-refractivity contribution in [1.82, 2.24) is 4.31 Å². The van der Waals surface area contributed by atoms with Gasteiger partial charge in [-0.2, -0.15) is 4.31 Å². The van der Waals surface area contributed by atoms with Crippen molar-refractivity contribution in [1.29, 1.82) is 0 Å². The molecule has 0 atom stereocenters. The Hall–Kier alpha value is -3.04. The molecular weight excluding hydrogens is 456 g/mol. The fraction of sp³-hybridized carbons (Fsp3) is 0.400. The lowest BCUT2D eigenvalue weighted by Gasteiger charge is -2.29. The smallest absolute Gasteiger partial charge is 0.250 e. The molecule has 2 aromatic rings. The van der Waals surface area contributed by atoms with Crippen LogP contribution in [0.1, 0.15) is 31.4 Å². The average Bonchev–Trinajstić information content (AvgIpc) is 2.86. The minimum Gasteiger partial charge on any atom is -0.493 e. The van der Waals surface area contributed by atoms with E-state index in [0.29, 0.717) is 36.9 Å². The summed E-state index contributed by atoms with van der Waals surface area (Å²) in [5.74, 6) is 1.29. The Kier molecular flexibility index (Phi) is 8.22. The SMILES string of the molecule is CCN(CC)S(=O)(=O)c1ccc2c(c1)CCCN2C(=O)/C=C/c1cc(OC)c(OC)c(OC)c1. The van der Waals surface area contributed by atoms with E-state index in [-0.39, 0.29) is 10.8 Å². The number of methoxy groups -OCH3 is 3. The van der Waals surface area contributed by atoms with Crippen molar-refractivity contribution in [3.05, 3.63) is 47.5 Å². The van der Waals surface area contributed by atoms with Gasteiger partial charge in [-0.15, -0.1) is 0 Å². The van der Waals surface area contributed by atoms with Crippen LogP contribution in [0, 0.1) is 0 Å². The number of nitrogens with zero attached hydrogens (tertiary/aromatic N) is 2. The number of aryl methyl sites for hydroxylation is 1. The van der Waals surface area contributed by atoms with Crippen molar-refractivity contribution in [2.75, 3.05) is 45.9 Å². The Morgan fingerprint density at radius 3 is 2.24 bits per heavy atom. The van der Waals surface area contributed by atoms with E-state index in [9.17, 15) is 13.2 Å². The second kappa shape index (κ2) is 10.9. The van der Waals surface area contributed by atoms with E-state index < -0.39 is 10.0 Å². The molecule has 1 aliphatic heterocycles. The van der Waals surface area contributed by atoms with Crippen LogP contribution in [-0.2, 0) is 21.2 Å². The van der Waals surface area contributed by atoms with Gasteiger partial charge in [-0.25, -0.2) is 8.42 Å².